The zero-order chi connectivity index (χ0) is 27.4. The zero-order valence-electron chi connectivity index (χ0n) is 22.8. The lowest BCUT2D eigenvalue weighted by Gasteiger charge is -2.65. The maximum absolute atomic E-state index is 14.4. The molecule has 10 atom stereocenters. The van der Waals surface area contributed by atoms with Gasteiger partial charge < -0.3 is 23.4 Å². The topological polar surface area (TPSA) is 122 Å². The lowest BCUT2D eigenvalue weighted by molar-refractivity contribution is -0.221. The number of esters is 3. The third-order valence-electron chi connectivity index (χ3n) is 11.1. The van der Waals surface area contributed by atoms with Crippen molar-refractivity contribution in [1.29, 1.82) is 0 Å². The Morgan fingerprint density at radius 1 is 1.13 bits per heavy atom. The van der Waals surface area contributed by atoms with Crippen LogP contribution in [0.2, 0.25) is 0 Å². The van der Waals surface area contributed by atoms with Crippen molar-refractivity contribution in [2.75, 3.05) is 7.11 Å². The molecular weight excluding hydrogens is 492 g/mol. The van der Waals surface area contributed by atoms with E-state index in [4.69, 9.17) is 23.4 Å². The highest BCUT2D eigenvalue weighted by Gasteiger charge is 2.86. The summed E-state index contributed by atoms with van der Waals surface area (Å²) in [4.78, 5) is 52.5. The van der Waals surface area contributed by atoms with Crippen LogP contribution in [0, 0.1) is 39.9 Å². The van der Waals surface area contributed by atoms with E-state index in [1.54, 1.807) is 12.5 Å². The third kappa shape index (κ3) is 3.02. The van der Waals surface area contributed by atoms with E-state index in [0.717, 1.165) is 12.0 Å². The van der Waals surface area contributed by atoms with Crippen LogP contribution in [-0.2, 0) is 38.1 Å². The van der Waals surface area contributed by atoms with Gasteiger partial charge in [-0.25, -0.2) is 0 Å². The lowest BCUT2D eigenvalue weighted by atomic mass is 9.37. The molecule has 6 rings (SSSR count). The summed E-state index contributed by atoms with van der Waals surface area (Å²) in [6.07, 6.45) is 3.05. The van der Waals surface area contributed by atoms with Crippen LogP contribution >= 0.6 is 0 Å². The van der Waals surface area contributed by atoms with Crippen LogP contribution in [0.25, 0.3) is 0 Å². The lowest BCUT2D eigenvalue weighted by Crippen LogP contribution is -2.72. The van der Waals surface area contributed by atoms with E-state index in [0.29, 0.717) is 6.42 Å². The predicted molar refractivity (Wildman–Crippen MR) is 130 cm³/mol. The minimum atomic E-state index is -0.931. The maximum Gasteiger partial charge on any atom is 0.306 e. The SMILES string of the molecule is COC(=O)C[C@H]1C(C)(C)[C@@H](OC(C)=O)[C@@H]2C(=O)[C@]1(C)[C@H]1CC[C@]3(C)[C@@H](CC(=O)O[C@H]3c3ccoc3)[C@]13O[C@H]23. The number of carbonyl (C=O) groups excluding carboxylic acids is 4. The summed E-state index contributed by atoms with van der Waals surface area (Å²) in [6.45, 7) is 9.38. The molecule has 3 aliphatic carbocycles. The summed E-state index contributed by atoms with van der Waals surface area (Å²) >= 11 is 0. The fourth-order valence-corrected chi connectivity index (χ4v) is 9.48. The molecule has 5 aliphatic rings. The molecule has 38 heavy (non-hydrogen) atoms. The summed E-state index contributed by atoms with van der Waals surface area (Å²) in [5.74, 6) is -2.77. The van der Waals surface area contributed by atoms with Gasteiger partial charge in [0.25, 0.3) is 0 Å². The molecule has 2 bridgehead atoms. The molecule has 1 aromatic rings. The second kappa shape index (κ2) is 7.93. The average molecular weight is 529 g/mol. The van der Waals surface area contributed by atoms with E-state index in [1.165, 1.54) is 14.0 Å². The van der Waals surface area contributed by atoms with Gasteiger partial charge in [-0.2, -0.15) is 0 Å². The number of epoxide rings is 1. The first-order chi connectivity index (χ1) is 17.8. The Hall–Kier alpha value is -2.68. The molecule has 3 heterocycles. The molecule has 0 N–H and O–H groups in total. The molecule has 0 amide bonds. The molecule has 0 unspecified atom stereocenters. The number of ketones is 1. The second-order valence-corrected chi connectivity index (χ2v) is 13.0. The van der Waals surface area contributed by atoms with E-state index in [2.05, 4.69) is 6.92 Å². The van der Waals surface area contributed by atoms with E-state index in [1.807, 2.05) is 26.8 Å². The van der Waals surface area contributed by atoms with Crippen molar-refractivity contribution in [2.45, 2.75) is 84.2 Å². The quantitative estimate of drug-likeness (QED) is 0.326. The maximum atomic E-state index is 14.4. The summed E-state index contributed by atoms with van der Waals surface area (Å²) < 4.78 is 28.9. The van der Waals surface area contributed by atoms with Crippen LogP contribution in [0.4, 0.5) is 0 Å². The van der Waals surface area contributed by atoms with Crippen LogP contribution in [0.5, 0.6) is 0 Å². The van der Waals surface area contributed by atoms with E-state index in [9.17, 15) is 19.2 Å². The molecular formula is C29H36O9. The van der Waals surface area contributed by atoms with Crippen LogP contribution in [0.3, 0.4) is 0 Å². The Morgan fingerprint density at radius 2 is 1.87 bits per heavy atom. The van der Waals surface area contributed by atoms with Crippen LogP contribution in [0.15, 0.2) is 23.0 Å². The van der Waals surface area contributed by atoms with E-state index >= 15 is 0 Å². The Morgan fingerprint density at radius 3 is 2.50 bits per heavy atom. The first kappa shape index (κ1) is 25.6. The molecule has 0 aromatic carbocycles. The average Bonchev–Trinajstić information content (AvgIpc) is 3.31. The van der Waals surface area contributed by atoms with Crippen LogP contribution in [0.1, 0.15) is 72.0 Å². The number of hydrogen-bond acceptors (Lipinski definition) is 9. The number of fused-ring (bicyclic) bond motifs is 5. The van der Waals surface area contributed by atoms with Crippen LogP contribution in [-0.4, -0.2) is 48.6 Å². The van der Waals surface area contributed by atoms with Crippen LogP contribution < -0.4 is 0 Å². The van der Waals surface area contributed by atoms with Crippen molar-refractivity contribution < 1.29 is 42.5 Å². The predicted octanol–water partition coefficient (Wildman–Crippen LogP) is 3.79. The Bertz CT molecular complexity index is 1200. The Balaban J connectivity index is 1.50. The van der Waals surface area contributed by atoms with Gasteiger partial charge in [0.15, 0.2) is 0 Å². The Labute approximate surface area is 221 Å². The molecule has 1 spiro atoms. The molecule has 206 valence electrons. The number of Topliss-reactive ketones (excluding diaryl/α,β-unsaturated/α-hetero) is 1. The van der Waals surface area contributed by atoms with Gasteiger partial charge in [-0.1, -0.05) is 27.7 Å². The van der Waals surface area contributed by atoms with Crippen molar-refractivity contribution in [3.05, 3.63) is 24.2 Å². The number of hydrogen-bond donors (Lipinski definition) is 0. The minimum absolute atomic E-state index is 0.0199. The number of carbonyl (C=O) groups is 4. The van der Waals surface area contributed by atoms with Crippen molar-refractivity contribution >= 4 is 23.7 Å². The molecule has 3 saturated carbocycles. The van der Waals surface area contributed by atoms with Crippen molar-refractivity contribution in [2.24, 2.45) is 39.9 Å². The smallest absolute Gasteiger partial charge is 0.306 e. The minimum Gasteiger partial charge on any atom is -0.472 e. The van der Waals surface area contributed by atoms with Crippen molar-refractivity contribution in [1.82, 2.24) is 0 Å². The van der Waals surface area contributed by atoms with Crippen molar-refractivity contribution in [3.8, 4) is 0 Å². The van der Waals surface area contributed by atoms with Gasteiger partial charge in [-0.15, -0.1) is 0 Å². The van der Waals surface area contributed by atoms with Gasteiger partial charge in [-0.3, -0.25) is 19.2 Å². The molecule has 9 nitrogen and oxygen atoms in total. The van der Waals surface area contributed by atoms with Gasteiger partial charge in [0, 0.05) is 47.0 Å². The third-order valence-corrected chi connectivity index (χ3v) is 11.1. The number of methoxy groups -OCH3 is 1. The summed E-state index contributed by atoms with van der Waals surface area (Å²) in [6, 6.07) is 1.83. The van der Waals surface area contributed by atoms with Gasteiger partial charge in [0.2, 0.25) is 0 Å². The monoisotopic (exact) mass is 528 g/mol. The summed E-state index contributed by atoms with van der Waals surface area (Å²) in [5, 5.41) is 0. The normalized spacial score (nSPS) is 46.1. The zero-order valence-corrected chi connectivity index (χ0v) is 22.8. The molecule has 1 aromatic heterocycles. The highest BCUT2D eigenvalue weighted by atomic mass is 16.6. The molecule has 9 heteroatoms. The second-order valence-electron chi connectivity index (χ2n) is 13.0. The molecule has 2 aliphatic heterocycles. The largest absolute Gasteiger partial charge is 0.472 e. The number of cyclic esters (lactones) is 1. The van der Waals surface area contributed by atoms with Gasteiger partial charge >= 0.3 is 17.9 Å². The highest BCUT2D eigenvalue weighted by Crippen LogP contribution is 2.77. The highest BCUT2D eigenvalue weighted by molar-refractivity contribution is 5.93. The summed E-state index contributed by atoms with van der Waals surface area (Å²) in [7, 11) is 1.34. The number of ether oxygens (including phenoxy) is 4. The van der Waals surface area contributed by atoms with Gasteiger partial charge in [0.1, 0.15) is 29.7 Å². The van der Waals surface area contributed by atoms with Gasteiger partial charge in [-0.05, 0) is 24.8 Å². The van der Waals surface area contributed by atoms with E-state index < -0.39 is 63.9 Å². The molecule has 2 saturated heterocycles. The molecule has 5 fully saturated rings. The fourth-order valence-electron chi connectivity index (χ4n) is 9.48. The van der Waals surface area contributed by atoms with Gasteiger partial charge in [0.05, 0.1) is 32.0 Å². The summed E-state index contributed by atoms with van der Waals surface area (Å²) in [5.41, 5.74) is -2.03. The fraction of sp³-hybridized carbons (Fsp3) is 0.724. The first-order valence-electron chi connectivity index (χ1n) is 13.5. The number of furan rings is 1. The first-order valence-corrected chi connectivity index (χ1v) is 13.5. The standard InChI is InChI=1S/C29H36O9/c1-14(30)36-24-21-22(33)28(5,17(26(24,2)3)11-19(31)34-6)16-7-9-27(4)18(29(16)25(21)38-29)12-20(32)37-23(27)15-8-10-35-13-15/h8,10,13,16-18,21,23-25H,7,9,11-12H2,1-6H3/t16-,17+,18-,21+,23+,24+,25-,27-,28-,29-/m1/s1. The van der Waals surface area contributed by atoms with Crippen molar-refractivity contribution in [3.63, 3.8) is 0 Å². The number of rotatable bonds is 4. The molecule has 0 radical (unpaired) electrons. The Kier molecular flexibility index (Phi) is 5.34. The van der Waals surface area contributed by atoms with E-state index in [-0.39, 0.29) is 36.4 Å².